The largest absolute Gasteiger partial charge is 0.462 e. The Kier molecular flexibility index (Phi) is 5.34. The van der Waals surface area contributed by atoms with Crippen molar-refractivity contribution in [3.05, 3.63) is 38.4 Å². The van der Waals surface area contributed by atoms with Crippen LogP contribution in [0.1, 0.15) is 65.0 Å². The Hall–Kier alpha value is -1.70. The zero-order valence-corrected chi connectivity index (χ0v) is 17.3. The van der Waals surface area contributed by atoms with Gasteiger partial charge in [-0.3, -0.25) is 9.69 Å². The van der Waals surface area contributed by atoms with Crippen LogP contribution in [0.3, 0.4) is 0 Å². The van der Waals surface area contributed by atoms with Crippen molar-refractivity contribution in [2.75, 3.05) is 25.0 Å². The molecule has 0 unspecified atom stereocenters. The molecule has 0 spiro atoms. The van der Waals surface area contributed by atoms with E-state index in [4.69, 9.17) is 4.74 Å². The van der Waals surface area contributed by atoms with Crippen LogP contribution in [-0.2, 0) is 16.0 Å². The van der Waals surface area contributed by atoms with Crippen LogP contribution in [0.5, 0.6) is 0 Å². The van der Waals surface area contributed by atoms with Crippen molar-refractivity contribution in [2.24, 2.45) is 0 Å². The van der Waals surface area contributed by atoms with E-state index in [2.05, 4.69) is 28.6 Å². The second-order valence-electron chi connectivity index (χ2n) is 7.13. The molecule has 27 heavy (non-hydrogen) atoms. The lowest BCUT2D eigenvalue weighted by atomic mass is 10.0. The molecule has 2 aromatic heterocycles. The van der Waals surface area contributed by atoms with E-state index >= 15 is 0 Å². The third-order valence-corrected chi connectivity index (χ3v) is 7.23. The molecule has 1 aliphatic heterocycles. The number of fused-ring (bicyclic) bond motifs is 1. The van der Waals surface area contributed by atoms with Crippen molar-refractivity contribution in [3.8, 4) is 0 Å². The smallest absolute Gasteiger partial charge is 0.341 e. The van der Waals surface area contributed by atoms with Crippen LogP contribution in [0.15, 0.2) is 16.8 Å². The number of carbonyl (C=O) groups is 2. The fraction of sp³-hybridized carbons (Fsp3) is 0.500. The summed E-state index contributed by atoms with van der Waals surface area (Å²) in [6, 6.07) is 2.40. The lowest BCUT2D eigenvalue weighted by Gasteiger charge is -2.32. The Balaban J connectivity index is 1.46. The van der Waals surface area contributed by atoms with Crippen LogP contribution in [0.4, 0.5) is 5.00 Å². The van der Waals surface area contributed by atoms with E-state index in [0.29, 0.717) is 29.6 Å². The number of esters is 1. The van der Waals surface area contributed by atoms with E-state index in [9.17, 15) is 9.59 Å². The minimum Gasteiger partial charge on any atom is -0.462 e. The highest BCUT2D eigenvalue weighted by Gasteiger charge is 2.33. The van der Waals surface area contributed by atoms with Gasteiger partial charge in [0.1, 0.15) is 5.00 Å². The topological polar surface area (TPSA) is 58.6 Å². The molecule has 2 aromatic rings. The molecular formula is C20H24N2O3S2. The Morgan fingerprint density at radius 2 is 2.11 bits per heavy atom. The van der Waals surface area contributed by atoms with Gasteiger partial charge in [0.2, 0.25) is 5.91 Å². The molecule has 7 heteroatoms. The molecule has 1 N–H and O–H groups in total. The van der Waals surface area contributed by atoms with Gasteiger partial charge in [-0.05, 0) is 67.0 Å². The van der Waals surface area contributed by atoms with Gasteiger partial charge in [0.25, 0.3) is 0 Å². The van der Waals surface area contributed by atoms with Gasteiger partial charge in [-0.2, -0.15) is 0 Å². The van der Waals surface area contributed by atoms with Crippen LogP contribution in [0.25, 0.3) is 0 Å². The molecule has 1 amide bonds. The van der Waals surface area contributed by atoms with Gasteiger partial charge in [0, 0.05) is 17.5 Å². The lowest BCUT2D eigenvalue weighted by Crippen LogP contribution is -2.39. The summed E-state index contributed by atoms with van der Waals surface area (Å²) in [6.45, 7) is 5.49. The first-order valence-corrected chi connectivity index (χ1v) is 11.2. The van der Waals surface area contributed by atoms with Gasteiger partial charge in [-0.15, -0.1) is 22.7 Å². The standard InChI is InChI=1S/C20H24N2O3S2/c1-3-25-20(24)18-15(13-4-5-13)11-27-19(18)21-17(23)10-22-8-6-16-14(12(22)2)7-9-26-16/h7,9,11-13H,3-6,8,10H2,1-2H3,(H,21,23)/t12-/m0/s1. The number of rotatable bonds is 6. The highest BCUT2D eigenvalue weighted by molar-refractivity contribution is 7.15. The molecule has 1 atom stereocenters. The van der Waals surface area contributed by atoms with E-state index in [1.165, 1.54) is 21.8 Å². The van der Waals surface area contributed by atoms with E-state index in [0.717, 1.165) is 31.4 Å². The lowest BCUT2D eigenvalue weighted by molar-refractivity contribution is -0.117. The maximum atomic E-state index is 12.7. The number of nitrogens with zero attached hydrogens (tertiary/aromatic N) is 1. The van der Waals surface area contributed by atoms with Crippen molar-refractivity contribution >= 4 is 39.6 Å². The van der Waals surface area contributed by atoms with Gasteiger partial charge < -0.3 is 10.1 Å². The molecule has 3 heterocycles. The highest BCUT2D eigenvalue weighted by atomic mass is 32.1. The van der Waals surface area contributed by atoms with Crippen LogP contribution in [-0.4, -0.2) is 36.5 Å². The predicted molar refractivity (Wildman–Crippen MR) is 109 cm³/mol. The Bertz CT molecular complexity index is 853. The summed E-state index contributed by atoms with van der Waals surface area (Å²) >= 11 is 3.23. The van der Waals surface area contributed by atoms with Crippen molar-refractivity contribution in [1.82, 2.24) is 4.90 Å². The molecule has 0 radical (unpaired) electrons. The fourth-order valence-corrected chi connectivity index (χ4v) is 5.71. The van der Waals surface area contributed by atoms with Gasteiger partial charge >= 0.3 is 5.97 Å². The van der Waals surface area contributed by atoms with E-state index in [1.54, 1.807) is 18.3 Å². The second kappa shape index (κ2) is 7.73. The Labute approximate surface area is 167 Å². The third kappa shape index (κ3) is 3.81. The molecule has 0 bridgehead atoms. The number of hydrogen-bond donors (Lipinski definition) is 1. The summed E-state index contributed by atoms with van der Waals surface area (Å²) < 4.78 is 5.23. The van der Waals surface area contributed by atoms with Gasteiger partial charge in [0.05, 0.1) is 18.7 Å². The maximum Gasteiger partial charge on any atom is 0.341 e. The summed E-state index contributed by atoms with van der Waals surface area (Å²) in [7, 11) is 0. The van der Waals surface area contributed by atoms with Crippen LogP contribution >= 0.6 is 22.7 Å². The number of anilines is 1. The first kappa shape index (κ1) is 18.7. The van der Waals surface area contributed by atoms with Crippen molar-refractivity contribution in [3.63, 3.8) is 0 Å². The van der Waals surface area contributed by atoms with Gasteiger partial charge in [0.15, 0.2) is 0 Å². The number of hydrogen-bond acceptors (Lipinski definition) is 6. The Morgan fingerprint density at radius 1 is 1.30 bits per heavy atom. The molecule has 4 rings (SSSR count). The Morgan fingerprint density at radius 3 is 2.85 bits per heavy atom. The predicted octanol–water partition coefficient (Wildman–Crippen LogP) is 4.42. The quantitative estimate of drug-likeness (QED) is 0.724. The number of thiophene rings is 2. The van der Waals surface area contributed by atoms with Crippen molar-refractivity contribution in [2.45, 2.75) is 45.1 Å². The van der Waals surface area contributed by atoms with Crippen LogP contribution in [0, 0.1) is 0 Å². The van der Waals surface area contributed by atoms with E-state index < -0.39 is 0 Å². The molecule has 1 saturated carbocycles. The highest BCUT2D eigenvalue weighted by Crippen LogP contribution is 2.46. The fourth-order valence-electron chi connectivity index (χ4n) is 3.70. The average molecular weight is 405 g/mol. The molecule has 1 aliphatic carbocycles. The summed E-state index contributed by atoms with van der Waals surface area (Å²) in [4.78, 5) is 28.8. The second-order valence-corrected chi connectivity index (χ2v) is 9.01. The average Bonchev–Trinajstić information content (AvgIpc) is 3.22. The summed E-state index contributed by atoms with van der Waals surface area (Å²) in [5.41, 5.74) is 2.92. The number of carbonyl (C=O) groups excluding carboxylic acids is 2. The normalized spacial score (nSPS) is 19.6. The molecular weight excluding hydrogens is 380 g/mol. The third-order valence-electron chi connectivity index (χ3n) is 5.32. The van der Waals surface area contributed by atoms with Crippen molar-refractivity contribution < 1.29 is 14.3 Å². The van der Waals surface area contributed by atoms with E-state index in [1.807, 2.05) is 5.38 Å². The molecule has 1 fully saturated rings. The van der Waals surface area contributed by atoms with Gasteiger partial charge in [-0.1, -0.05) is 0 Å². The van der Waals surface area contributed by atoms with Crippen LogP contribution < -0.4 is 5.32 Å². The van der Waals surface area contributed by atoms with E-state index in [-0.39, 0.29) is 17.9 Å². The summed E-state index contributed by atoms with van der Waals surface area (Å²) in [5.74, 6) is 0.0333. The molecule has 5 nitrogen and oxygen atoms in total. The minimum atomic E-state index is -0.329. The zero-order chi connectivity index (χ0) is 19.0. The molecule has 0 aromatic carbocycles. The number of nitrogens with one attached hydrogen (secondary N) is 1. The number of amides is 1. The number of ether oxygens (including phenoxy) is 1. The van der Waals surface area contributed by atoms with Crippen LogP contribution in [0.2, 0.25) is 0 Å². The first-order valence-electron chi connectivity index (χ1n) is 9.47. The van der Waals surface area contributed by atoms with Crippen molar-refractivity contribution in [1.29, 1.82) is 0 Å². The van der Waals surface area contributed by atoms with Gasteiger partial charge in [-0.25, -0.2) is 4.79 Å². The summed E-state index contributed by atoms with van der Waals surface area (Å²) in [5, 5.41) is 7.73. The SMILES string of the molecule is CCOC(=O)c1c(C2CC2)csc1NC(=O)CN1CCc2sccc2[C@@H]1C. The summed E-state index contributed by atoms with van der Waals surface area (Å²) in [6.07, 6.45) is 3.19. The monoisotopic (exact) mass is 404 g/mol. The molecule has 144 valence electrons. The zero-order valence-electron chi connectivity index (χ0n) is 15.6. The maximum absolute atomic E-state index is 12.7. The molecule has 2 aliphatic rings. The first-order chi connectivity index (χ1) is 13.1. The molecule has 0 saturated heterocycles. The minimum absolute atomic E-state index is 0.0738.